The van der Waals surface area contributed by atoms with Crippen LogP contribution in [0.25, 0.3) is 0 Å². The molecule has 5 atom stereocenters. The standard InChI is InChI=1S/C12H18F2O5/c1-11(2)16-5-6(17-11)8-10(15-7(5)9(13)14)19-12(3,4)18-8/h5-10H,1-4H3/t5-,6+,7+,8-,10-/m1/s1. The van der Waals surface area contributed by atoms with Gasteiger partial charge in [-0.25, -0.2) is 8.78 Å². The molecule has 3 aliphatic rings. The van der Waals surface area contributed by atoms with Crippen LogP contribution in [0.4, 0.5) is 8.78 Å². The van der Waals surface area contributed by atoms with E-state index in [2.05, 4.69) is 0 Å². The summed E-state index contributed by atoms with van der Waals surface area (Å²) in [7, 11) is 0. The van der Waals surface area contributed by atoms with E-state index in [1.807, 2.05) is 0 Å². The second-order valence-corrected chi connectivity index (χ2v) is 5.97. The average molecular weight is 280 g/mol. The van der Waals surface area contributed by atoms with Crippen molar-refractivity contribution in [1.82, 2.24) is 0 Å². The topological polar surface area (TPSA) is 46.2 Å². The minimum absolute atomic E-state index is 0.559. The van der Waals surface area contributed by atoms with Crippen molar-refractivity contribution in [3.8, 4) is 0 Å². The summed E-state index contributed by atoms with van der Waals surface area (Å²) in [5, 5.41) is 0. The summed E-state index contributed by atoms with van der Waals surface area (Å²) in [4.78, 5) is 0. The second-order valence-electron chi connectivity index (χ2n) is 5.97. The maximum atomic E-state index is 13.1. The number of ether oxygens (including phenoxy) is 5. The highest BCUT2D eigenvalue weighted by molar-refractivity contribution is 5.00. The molecule has 3 fully saturated rings. The monoisotopic (exact) mass is 280 g/mol. The molecule has 0 aromatic rings. The zero-order chi connectivity index (χ0) is 14.0. The lowest BCUT2D eigenvalue weighted by Gasteiger charge is -2.36. The summed E-state index contributed by atoms with van der Waals surface area (Å²) in [6, 6.07) is 0. The van der Waals surface area contributed by atoms with Crippen LogP contribution in [0, 0.1) is 0 Å². The highest BCUT2D eigenvalue weighted by Crippen LogP contribution is 2.45. The van der Waals surface area contributed by atoms with Crippen LogP contribution in [-0.2, 0) is 23.7 Å². The first-order chi connectivity index (χ1) is 8.69. The van der Waals surface area contributed by atoms with Gasteiger partial charge in [0.15, 0.2) is 24.0 Å². The quantitative estimate of drug-likeness (QED) is 0.731. The molecule has 0 spiro atoms. The lowest BCUT2D eigenvalue weighted by molar-refractivity contribution is -0.257. The molecule has 3 aliphatic heterocycles. The number of hydrogen-bond donors (Lipinski definition) is 0. The van der Waals surface area contributed by atoms with Crippen LogP contribution in [0.5, 0.6) is 0 Å². The summed E-state index contributed by atoms with van der Waals surface area (Å²) >= 11 is 0. The molecule has 0 aromatic heterocycles. The number of fused-ring (bicyclic) bond motifs is 3. The first-order valence-electron chi connectivity index (χ1n) is 6.33. The molecule has 3 rings (SSSR count). The zero-order valence-corrected chi connectivity index (χ0v) is 11.3. The van der Waals surface area contributed by atoms with Crippen molar-refractivity contribution >= 4 is 0 Å². The average Bonchev–Trinajstić information content (AvgIpc) is 2.70. The fourth-order valence-corrected chi connectivity index (χ4v) is 2.85. The van der Waals surface area contributed by atoms with Gasteiger partial charge < -0.3 is 23.7 Å². The number of alkyl halides is 2. The van der Waals surface area contributed by atoms with Gasteiger partial charge in [0.1, 0.15) is 18.3 Å². The summed E-state index contributed by atoms with van der Waals surface area (Å²) in [5.74, 6) is -1.82. The summed E-state index contributed by atoms with van der Waals surface area (Å²) in [6.45, 7) is 6.79. The van der Waals surface area contributed by atoms with Crippen molar-refractivity contribution in [2.75, 3.05) is 0 Å². The van der Waals surface area contributed by atoms with E-state index >= 15 is 0 Å². The molecule has 0 radical (unpaired) electrons. The molecular formula is C12H18F2O5. The van der Waals surface area contributed by atoms with Crippen LogP contribution in [0.3, 0.4) is 0 Å². The fourth-order valence-electron chi connectivity index (χ4n) is 2.85. The van der Waals surface area contributed by atoms with E-state index in [1.54, 1.807) is 27.7 Å². The highest BCUT2D eigenvalue weighted by atomic mass is 19.3. The Morgan fingerprint density at radius 1 is 0.789 bits per heavy atom. The lowest BCUT2D eigenvalue weighted by Crippen LogP contribution is -2.57. The fraction of sp³-hybridized carbons (Fsp3) is 1.00. The highest BCUT2D eigenvalue weighted by Gasteiger charge is 2.62. The molecule has 3 heterocycles. The Morgan fingerprint density at radius 2 is 1.32 bits per heavy atom. The van der Waals surface area contributed by atoms with Gasteiger partial charge in [-0.3, -0.25) is 0 Å². The van der Waals surface area contributed by atoms with Crippen LogP contribution in [0.2, 0.25) is 0 Å². The number of halogens is 2. The molecule has 0 amide bonds. The van der Waals surface area contributed by atoms with Crippen molar-refractivity contribution in [3.05, 3.63) is 0 Å². The van der Waals surface area contributed by atoms with Gasteiger partial charge in [0.2, 0.25) is 0 Å². The summed E-state index contributed by atoms with van der Waals surface area (Å²) in [6.07, 6.45) is -6.92. The van der Waals surface area contributed by atoms with Crippen molar-refractivity contribution in [1.29, 1.82) is 0 Å². The molecule has 7 heteroatoms. The molecule has 110 valence electrons. The van der Waals surface area contributed by atoms with E-state index in [1.165, 1.54) is 0 Å². The molecule has 0 aromatic carbocycles. The van der Waals surface area contributed by atoms with Gasteiger partial charge in [0, 0.05) is 0 Å². The van der Waals surface area contributed by atoms with E-state index < -0.39 is 48.7 Å². The van der Waals surface area contributed by atoms with Crippen LogP contribution in [0.15, 0.2) is 0 Å². The predicted molar refractivity (Wildman–Crippen MR) is 58.5 cm³/mol. The normalized spacial score (nSPS) is 47.2. The third kappa shape index (κ3) is 2.27. The van der Waals surface area contributed by atoms with E-state index in [0.29, 0.717) is 0 Å². The van der Waals surface area contributed by atoms with E-state index in [9.17, 15) is 8.78 Å². The summed E-state index contributed by atoms with van der Waals surface area (Å²) in [5.41, 5.74) is 0. The molecule has 0 unspecified atom stereocenters. The van der Waals surface area contributed by atoms with Crippen LogP contribution >= 0.6 is 0 Å². The first-order valence-corrected chi connectivity index (χ1v) is 6.33. The Labute approximate surface area is 110 Å². The van der Waals surface area contributed by atoms with Gasteiger partial charge in [-0.2, -0.15) is 0 Å². The molecule has 19 heavy (non-hydrogen) atoms. The summed E-state index contributed by atoms with van der Waals surface area (Å²) < 4.78 is 53.9. The predicted octanol–water partition coefficient (Wildman–Crippen LogP) is 1.65. The Bertz CT molecular complexity index is 373. The van der Waals surface area contributed by atoms with E-state index in [4.69, 9.17) is 23.7 Å². The first kappa shape index (κ1) is 13.6. The maximum Gasteiger partial charge on any atom is 0.267 e. The van der Waals surface area contributed by atoms with Crippen LogP contribution < -0.4 is 0 Å². The smallest absolute Gasteiger partial charge is 0.267 e. The molecule has 0 N–H and O–H groups in total. The molecule has 0 saturated carbocycles. The second kappa shape index (κ2) is 4.08. The van der Waals surface area contributed by atoms with Crippen molar-refractivity contribution in [2.45, 2.75) is 76.4 Å². The maximum absolute atomic E-state index is 13.1. The van der Waals surface area contributed by atoms with Crippen molar-refractivity contribution in [2.24, 2.45) is 0 Å². The minimum atomic E-state index is -2.67. The van der Waals surface area contributed by atoms with Gasteiger partial charge in [0.25, 0.3) is 6.43 Å². The minimum Gasteiger partial charge on any atom is -0.342 e. The van der Waals surface area contributed by atoms with Gasteiger partial charge in [-0.05, 0) is 27.7 Å². The van der Waals surface area contributed by atoms with Gasteiger partial charge in [-0.1, -0.05) is 0 Å². The van der Waals surface area contributed by atoms with Crippen LogP contribution in [0.1, 0.15) is 27.7 Å². The molecular weight excluding hydrogens is 262 g/mol. The lowest BCUT2D eigenvalue weighted by atomic mass is 9.99. The Balaban J connectivity index is 1.89. The van der Waals surface area contributed by atoms with Gasteiger partial charge in [-0.15, -0.1) is 0 Å². The molecule has 5 nitrogen and oxygen atoms in total. The number of hydrogen-bond acceptors (Lipinski definition) is 5. The third-order valence-electron chi connectivity index (χ3n) is 3.44. The van der Waals surface area contributed by atoms with E-state index in [-0.39, 0.29) is 0 Å². The largest absolute Gasteiger partial charge is 0.342 e. The zero-order valence-electron chi connectivity index (χ0n) is 11.3. The molecule has 0 bridgehead atoms. The van der Waals surface area contributed by atoms with Gasteiger partial charge in [0.05, 0.1) is 0 Å². The SMILES string of the molecule is CC1(C)O[C@H]2[C@@H](O1)[C@@H](C(F)F)O[C@@H]1OC(C)(C)O[C@@H]12. The van der Waals surface area contributed by atoms with Gasteiger partial charge >= 0.3 is 0 Å². The molecule has 3 saturated heterocycles. The number of rotatable bonds is 1. The van der Waals surface area contributed by atoms with Crippen molar-refractivity contribution in [3.63, 3.8) is 0 Å². The molecule has 0 aliphatic carbocycles. The Kier molecular flexibility index (Phi) is 2.93. The Morgan fingerprint density at radius 3 is 1.95 bits per heavy atom. The van der Waals surface area contributed by atoms with Crippen LogP contribution in [-0.4, -0.2) is 48.7 Å². The van der Waals surface area contributed by atoms with E-state index in [0.717, 1.165) is 0 Å². The Hall–Kier alpha value is -0.340. The van der Waals surface area contributed by atoms with Crippen molar-refractivity contribution < 1.29 is 32.5 Å². The third-order valence-corrected chi connectivity index (χ3v) is 3.44.